The lowest BCUT2D eigenvalue weighted by molar-refractivity contribution is -0.146. The van der Waals surface area contributed by atoms with Gasteiger partial charge in [0.05, 0.1) is 0 Å². The van der Waals surface area contributed by atoms with Crippen LogP contribution in [0.2, 0.25) is 0 Å². The van der Waals surface area contributed by atoms with Gasteiger partial charge in [0.2, 0.25) is 11.8 Å². The summed E-state index contributed by atoms with van der Waals surface area (Å²) in [4.78, 5) is 30.2. The molecule has 0 atom stereocenters. The number of nitrogens with one attached hydrogen (secondary N) is 1. The van der Waals surface area contributed by atoms with Crippen LogP contribution >= 0.6 is 0 Å². The fraction of sp³-hybridized carbons (Fsp3) is 0.692. The standard InChI is InChI=1S/C26H37N3O2/c1-19-4-2-3-5-23(19)18-28-8-10-29(11-9-28)24(30)6-7-27-25(31)26-15-20-12-21(16-26)14-22(13-20)17-26/h2-5,20-22H,6-18H2,1H3,(H,27,31). The van der Waals surface area contributed by atoms with Crippen molar-refractivity contribution in [3.8, 4) is 0 Å². The van der Waals surface area contributed by atoms with E-state index in [9.17, 15) is 9.59 Å². The number of amides is 2. The summed E-state index contributed by atoms with van der Waals surface area (Å²) in [5.41, 5.74) is 2.59. The Morgan fingerprint density at radius 2 is 1.58 bits per heavy atom. The number of hydrogen-bond acceptors (Lipinski definition) is 3. The maximum atomic E-state index is 13.1. The zero-order valence-electron chi connectivity index (χ0n) is 18.9. The molecule has 1 N–H and O–H groups in total. The topological polar surface area (TPSA) is 52.6 Å². The summed E-state index contributed by atoms with van der Waals surface area (Å²) in [6.45, 7) is 7.01. The molecule has 0 aromatic heterocycles. The highest BCUT2D eigenvalue weighted by atomic mass is 16.2. The van der Waals surface area contributed by atoms with Crippen molar-refractivity contribution in [1.29, 1.82) is 0 Å². The fourth-order valence-electron chi connectivity index (χ4n) is 7.20. The average Bonchev–Trinajstić information content (AvgIpc) is 2.75. The first-order valence-corrected chi connectivity index (χ1v) is 12.3. The monoisotopic (exact) mass is 423 g/mol. The third-order valence-electron chi connectivity index (χ3n) is 8.52. The van der Waals surface area contributed by atoms with E-state index in [0.717, 1.165) is 69.7 Å². The van der Waals surface area contributed by atoms with Gasteiger partial charge in [-0.2, -0.15) is 0 Å². The highest BCUT2D eigenvalue weighted by Gasteiger charge is 2.54. The smallest absolute Gasteiger partial charge is 0.226 e. The normalized spacial score (nSPS) is 32.3. The Morgan fingerprint density at radius 1 is 0.968 bits per heavy atom. The first-order valence-electron chi connectivity index (χ1n) is 12.3. The molecule has 168 valence electrons. The molecule has 4 aliphatic carbocycles. The predicted molar refractivity (Wildman–Crippen MR) is 121 cm³/mol. The Morgan fingerprint density at radius 3 is 2.19 bits per heavy atom. The summed E-state index contributed by atoms with van der Waals surface area (Å²) in [5, 5.41) is 3.16. The summed E-state index contributed by atoms with van der Waals surface area (Å²) in [7, 11) is 0. The van der Waals surface area contributed by atoms with E-state index in [1.54, 1.807) is 0 Å². The summed E-state index contributed by atoms with van der Waals surface area (Å²) in [5.74, 6) is 2.74. The number of nitrogens with zero attached hydrogens (tertiary/aromatic N) is 2. The minimum atomic E-state index is -0.112. The molecule has 4 saturated carbocycles. The molecule has 1 aromatic carbocycles. The third kappa shape index (κ3) is 4.39. The van der Waals surface area contributed by atoms with E-state index in [2.05, 4.69) is 41.4 Å². The van der Waals surface area contributed by atoms with Crippen LogP contribution < -0.4 is 5.32 Å². The average molecular weight is 424 g/mol. The molecule has 1 aliphatic heterocycles. The van der Waals surface area contributed by atoms with Crippen molar-refractivity contribution in [2.45, 2.75) is 58.4 Å². The van der Waals surface area contributed by atoms with E-state index < -0.39 is 0 Å². The summed E-state index contributed by atoms with van der Waals surface area (Å²) in [6.07, 6.45) is 7.73. The summed E-state index contributed by atoms with van der Waals surface area (Å²) >= 11 is 0. The molecule has 5 heteroatoms. The van der Waals surface area contributed by atoms with Crippen LogP contribution in [-0.2, 0) is 16.1 Å². The molecular weight excluding hydrogens is 386 g/mol. The number of hydrogen-bond donors (Lipinski definition) is 1. The Hall–Kier alpha value is -1.88. The fourth-order valence-corrected chi connectivity index (χ4v) is 7.20. The van der Waals surface area contributed by atoms with E-state index in [4.69, 9.17) is 0 Å². The summed E-state index contributed by atoms with van der Waals surface area (Å²) in [6, 6.07) is 8.53. The Labute approximate surface area is 186 Å². The second-order valence-electron chi connectivity index (χ2n) is 10.8. The van der Waals surface area contributed by atoms with Crippen molar-refractivity contribution in [3.63, 3.8) is 0 Å². The quantitative estimate of drug-likeness (QED) is 0.763. The highest BCUT2D eigenvalue weighted by molar-refractivity contribution is 5.84. The zero-order valence-corrected chi connectivity index (χ0v) is 18.9. The second kappa shape index (κ2) is 8.57. The van der Waals surface area contributed by atoms with Gasteiger partial charge in [0.15, 0.2) is 0 Å². The maximum absolute atomic E-state index is 13.1. The van der Waals surface area contributed by atoms with Crippen LogP contribution in [0.1, 0.15) is 56.1 Å². The molecule has 0 spiro atoms. The Kier molecular flexibility index (Phi) is 5.80. The molecular formula is C26H37N3O2. The number of aryl methyl sites for hydroxylation is 1. The lowest BCUT2D eigenvalue weighted by atomic mass is 9.49. The largest absolute Gasteiger partial charge is 0.355 e. The van der Waals surface area contributed by atoms with Gasteiger partial charge in [-0.05, 0) is 74.3 Å². The van der Waals surface area contributed by atoms with Gasteiger partial charge in [-0.15, -0.1) is 0 Å². The van der Waals surface area contributed by atoms with Gasteiger partial charge in [-0.1, -0.05) is 24.3 Å². The number of benzene rings is 1. The van der Waals surface area contributed by atoms with Crippen molar-refractivity contribution >= 4 is 11.8 Å². The number of piperazine rings is 1. The lowest BCUT2D eigenvalue weighted by Gasteiger charge is -2.55. The molecule has 1 heterocycles. The van der Waals surface area contributed by atoms with Gasteiger partial charge in [0.25, 0.3) is 0 Å². The predicted octanol–water partition coefficient (Wildman–Crippen LogP) is 3.36. The first kappa shape index (κ1) is 21.0. The summed E-state index contributed by atoms with van der Waals surface area (Å²) < 4.78 is 0. The minimum Gasteiger partial charge on any atom is -0.355 e. The molecule has 31 heavy (non-hydrogen) atoms. The highest BCUT2D eigenvalue weighted by Crippen LogP contribution is 2.60. The molecule has 5 aliphatic rings. The first-order chi connectivity index (χ1) is 15.0. The van der Waals surface area contributed by atoms with Crippen molar-refractivity contribution in [2.75, 3.05) is 32.7 Å². The van der Waals surface area contributed by atoms with E-state index in [-0.39, 0.29) is 17.2 Å². The Balaban J connectivity index is 1.05. The molecule has 2 amide bonds. The van der Waals surface area contributed by atoms with Crippen molar-refractivity contribution in [1.82, 2.24) is 15.1 Å². The van der Waals surface area contributed by atoms with Gasteiger partial charge >= 0.3 is 0 Å². The SMILES string of the molecule is Cc1ccccc1CN1CCN(C(=O)CCNC(=O)C23CC4CC(CC(C4)C2)C3)CC1. The number of carbonyl (C=O) groups is 2. The molecule has 0 unspecified atom stereocenters. The molecule has 5 fully saturated rings. The van der Waals surface area contributed by atoms with Gasteiger partial charge in [-0.3, -0.25) is 14.5 Å². The van der Waals surface area contributed by atoms with Crippen molar-refractivity contribution < 1.29 is 9.59 Å². The van der Waals surface area contributed by atoms with Crippen LogP contribution in [0.4, 0.5) is 0 Å². The number of rotatable bonds is 6. The molecule has 6 rings (SSSR count). The molecule has 1 saturated heterocycles. The van der Waals surface area contributed by atoms with E-state index >= 15 is 0 Å². The number of carbonyl (C=O) groups excluding carboxylic acids is 2. The van der Waals surface area contributed by atoms with Crippen LogP contribution in [0.3, 0.4) is 0 Å². The van der Waals surface area contributed by atoms with Crippen molar-refractivity contribution in [3.05, 3.63) is 35.4 Å². The van der Waals surface area contributed by atoms with Crippen LogP contribution in [0, 0.1) is 30.1 Å². The van der Waals surface area contributed by atoms with Gasteiger partial charge in [0.1, 0.15) is 0 Å². The van der Waals surface area contributed by atoms with Gasteiger partial charge < -0.3 is 10.2 Å². The van der Waals surface area contributed by atoms with Crippen molar-refractivity contribution in [2.24, 2.45) is 23.2 Å². The molecule has 0 radical (unpaired) electrons. The molecule has 5 nitrogen and oxygen atoms in total. The van der Waals surface area contributed by atoms with Crippen LogP contribution in [0.5, 0.6) is 0 Å². The van der Waals surface area contributed by atoms with Crippen LogP contribution in [0.15, 0.2) is 24.3 Å². The minimum absolute atomic E-state index is 0.112. The molecule has 4 bridgehead atoms. The Bertz CT molecular complexity index is 792. The van der Waals surface area contributed by atoms with Gasteiger partial charge in [-0.25, -0.2) is 0 Å². The van der Waals surface area contributed by atoms with Gasteiger partial charge in [0, 0.05) is 51.1 Å². The zero-order chi connectivity index (χ0) is 21.4. The van der Waals surface area contributed by atoms with E-state index in [1.807, 2.05) is 4.90 Å². The van der Waals surface area contributed by atoms with Crippen LogP contribution in [0.25, 0.3) is 0 Å². The van der Waals surface area contributed by atoms with E-state index in [1.165, 1.54) is 30.4 Å². The lowest BCUT2D eigenvalue weighted by Crippen LogP contribution is -2.54. The van der Waals surface area contributed by atoms with E-state index in [0.29, 0.717) is 13.0 Å². The maximum Gasteiger partial charge on any atom is 0.226 e. The second-order valence-corrected chi connectivity index (χ2v) is 10.8. The van der Waals surface area contributed by atoms with Crippen LogP contribution in [-0.4, -0.2) is 54.3 Å². The third-order valence-corrected chi connectivity index (χ3v) is 8.52. The molecule has 1 aromatic rings.